The first-order valence-corrected chi connectivity index (χ1v) is 9.68. The van der Waals surface area contributed by atoms with Crippen molar-refractivity contribution in [2.24, 2.45) is 0 Å². The van der Waals surface area contributed by atoms with E-state index in [1.165, 1.54) is 0 Å². The lowest BCUT2D eigenvalue weighted by atomic mass is 9.92. The van der Waals surface area contributed by atoms with Crippen molar-refractivity contribution in [3.8, 4) is 0 Å². The lowest BCUT2D eigenvalue weighted by Gasteiger charge is -2.23. The van der Waals surface area contributed by atoms with Gasteiger partial charge in [-0.3, -0.25) is 19.4 Å². The molecule has 152 valence electrons. The molecule has 8 nitrogen and oxygen atoms in total. The maximum absolute atomic E-state index is 12.8. The Hall–Kier alpha value is -3.36. The van der Waals surface area contributed by atoms with E-state index in [-0.39, 0.29) is 23.8 Å². The van der Waals surface area contributed by atoms with Gasteiger partial charge in [-0.05, 0) is 42.5 Å². The minimum atomic E-state index is -0.992. The van der Waals surface area contributed by atoms with Crippen LogP contribution < -0.4 is 21.5 Å². The van der Waals surface area contributed by atoms with E-state index in [1.54, 1.807) is 48.5 Å². The fraction of sp³-hybridized carbons (Fsp3) is 0.100. The number of amides is 2. The number of aromatic nitrogens is 2. The molecule has 4 N–H and O–H groups in total. The number of rotatable bonds is 4. The van der Waals surface area contributed by atoms with Gasteiger partial charge in [0.2, 0.25) is 17.8 Å². The number of carbonyl (C=O) groups is 2. The van der Waals surface area contributed by atoms with Gasteiger partial charge in [-0.15, -0.1) is 0 Å². The van der Waals surface area contributed by atoms with Crippen molar-refractivity contribution in [2.45, 2.75) is 12.3 Å². The normalized spacial score (nSPS) is 15.1. The van der Waals surface area contributed by atoms with E-state index in [1.807, 2.05) is 0 Å². The Labute approximate surface area is 180 Å². The van der Waals surface area contributed by atoms with Crippen LogP contribution in [0.5, 0.6) is 0 Å². The smallest absolute Gasteiger partial charge is 0.258 e. The van der Waals surface area contributed by atoms with E-state index in [0.717, 1.165) is 0 Å². The number of anilines is 4. The van der Waals surface area contributed by atoms with Crippen LogP contribution in [0.3, 0.4) is 0 Å². The van der Waals surface area contributed by atoms with Gasteiger partial charge in [-0.2, -0.15) is 4.98 Å². The van der Waals surface area contributed by atoms with Gasteiger partial charge in [-0.1, -0.05) is 29.3 Å². The highest BCUT2D eigenvalue weighted by Gasteiger charge is 2.34. The minimum Gasteiger partial charge on any atom is -0.326 e. The number of hydrogen-bond donors (Lipinski definition) is 4. The molecule has 0 fully saturated rings. The number of nitrogens with one attached hydrogen (secondary N) is 4. The van der Waals surface area contributed by atoms with Crippen LogP contribution in [-0.2, 0) is 9.59 Å². The summed E-state index contributed by atoms with van der Waals surface area (Å²) < 4.78 is 0. The first-order valence-electron chi connectivity index (χ1n) is 8.92. The quantitative estimate of drug-likeness (QED) is 0.488. The van der Waals surface area contributed by atoms with Gasteiger partial charge in [-0.25, -0.2) is 0 Å². The van der Waals surface area contributed by atoms with Crippen LogP contribution in [0.1, 0.15) is 17.9 Å². The largest absolute Gasteiger partial charge is 0.326 e. The Balaban J connectivity index is 1.63. The third kappa shape index (κ3) is 4.29. The Morgan fingerprint density at radius 1 is 1.03 bits per heavy atom. The highest BCUT2D eigenvalue weighted by molar-refractivity contribution is 6.31. The van der Waals surface area contributed by atoms with Crippen molar-refractivity contribution in [1.82, 2.24) is 9.97 Å². The molecule has 0 bridgehead atoms. The summed E-state index contributed by atoms with van der Waals surface area (Å²) >= 11 is 11.8. The fourth-order valence-corrected chi connectivity index (χ4v) is 3.44. The molecule has 4 rings (SSSR count). The molecule has 30 heavy (non-hydrogen) atoms. The Kier molecular flexibility index (Phi) is 5.43. The third-order valence-electron chi connectivity index (χ3n) is 4.47. The second-order valence-electron chi connectivity index (χ2n) is 6.61. The fourth-order valence-electron chi connectivity index (χ4n) is 3.12. The zero-order valence-electron chi connectivity index (χ0n) is 15.3. The summed E-state index contributed by atoms with van der Waals surface area (Å²) in [5, 5.41) is 9.20. The molecule has 2 heterocycles. The number of H-pyrrole nitrogens is 1. The third-order valence-corrected chi connectivity index (χ3v) is 4.95. The summed E-state index contributed by atoms with van der Waals surface area (Å²) in [6, 6.07) is 13.4. The second kappa shape index (κ2) is 8.17. The van der Waals surface area contributed by atoms with E-state index in [9.17, 15) is 14.4 Å². The van der Waals surface area contributed by atoms with Gasteiger partial charge >= 0.3 is 0 Å². The van der Waals surface area contributed by atoms with Gasteiger partial charge in [0.15, 0.2) is 0 Å². The predicted molar refractivity (Wildman–Crippen MR) is 116 cm³/mol. The van der Waals surface area contributed by atoms with E-state index in [2.05, 4.69) is 25.9 Å². The first-order chi connectivity index (χ1) is 14.4. The van der Waals surface area contributed by atoms with Crippen LogP contribution in [0.15, 0.2) is 53.3 Å². The molecule has 0 spiro atoms. The second-order valence-corrected chi connectivity index (χ2v) is 7.49. The van der Waals surface area contributed by atoms with Crippen LogP contribution in [-0.4, -0.2) is 21.8 Å². The van der Waals surface area contributed by atoms with Gasteiger partial charge in [0.05, 0.1) is 11.5 Å². The molecule has 2 amide bonds. The zero-order valence-corrected chi connectivity index (χ0v) is 16.8. The summed E-state index contributed by atoms with van der Waals surface area (Å²) in [5.74, 6) is -1.74. The van der Waals surface area contributed by atoms with Crippen molar-refractivity contribution in [3.05, 3.63) is 74.5 Å². The maximum Gasteiger partial charge on any atom is 0.258 e. The molecule has 0 saturated heterocycles. The molecule has 10 heteroatoms. The molecular weight excluding hydrogens is 429 g/mol. The van der Waals surface area contributed by atoms with Crippen LogP contribution >= 0.6 is 23.2 Å². The lowest BCUT2D eigenvalue weighted by molar-refractivity contribution is -0.123. The summed E-state index contributed by atoms with van der Waals surface area (Å²) in [6.45, 7) is 0. The molecule has 0 aliphatic carbocycles. The molecule has 1 aliphatic heterocycles. The first kappa shape index (κ1) is 19.9. The van der Waals surface area contributed by atoms with E-state index in [4.69, 9.17) is 23.2 Å². The summed E-state index contributed by atoms with van der Waals surface area (Å²) in [6.07, 6.45) is -0.173. The van der Waals surface area contributed by atoms with Crippen molar-refractivity contribution in [2.75, 3.05) is 16.0 Å². The zero-order chi connectivity index (χ0) is 21.3. The molecule has 1 aromatic heterocycles. The minimum absolute atomic E-state index is 0.0395. The van der Waals surface area contributed by atoms with E-state index >= 15 is 0 Å². The average molecular weight is 444 g/mol. The van der Waals surface area contributed by atoms with Gasteiger partial charge in [0, 0.05) is 27.8 Å². The molecular formula is C20H15Cl2N5O3. The summed E-state index contributed by atoms with van der Waals surface area (Å²) in [7, 11) is 0. The Morgan fingerprint density at radius 3 is 2.53 bits per heavy atom. The van der Waals surface area contributed by atoms with Crippen molar-refractivity contribution < 1.29 is 9.59 Å². The SMILES string of the molecule is O=C1C[C@@H](C(=O)Nc2cccc(Cl)c2)c2c(nc(Nc3ccc(Cl)cc3)[nH]c2=O)N1. The highest BCUT2D eigenvalue weighted by Crippen LogP contribution is 2.30. The van der Waals surface area contributed by atoms with Crippen LogP contribution in [0, 0.1) is 0 Å². The monoisotopic (exact) mass is 443 g/mol. The van der Waals surface area contributed by atoms with Crippen molar-refractivity contribution >= 4 is 58.2 Å². The molecule has 0 saturated carbocycles. The highest BCUT2D eigenvalue weighted by atomic mass is 35.5. The number of aromatic amines is 1. The van der Waals surface area contributed by atoms with Crippen molar-refractivity contribution in [1.29, 1.82) is 0 Å². The Bertz CT molecular complexity index is 1190. The summed E-state index contributed by atoms with van der Waals surface area (Å²) in [5.41, 5.74) is 0.670. The molecule has 0 unspecified atom stereocenters. The topological polar surface area (TPSA) is 116 Å². The van der Waals surface area contributed by atoms with E-state index < -0.39 is 23.3 Å². The summed E-state index contributed by atoms with van der Waals surface area (Å²) in [4.78, 5) is 44.6. The van der Waals surface area contributed by atoms with Crippen molar-refractivity contribution in [3.63, 3.8) is 0 Å². The van der Waals surface area contributed by atoms with Crippen LogP contribution in [0.25, 0.3) is 0 Å². The molecule has 3 aromatic rings. The molecule has 1 aliphatic rings. The van der Waals surface area contributed by atoms with Gasteiger partial charge < -0.3 is 16.0 Å². The average Bonchev–Trinajstić information content (AvgIpc) is 2.69. The van der Waals surface area contributed by atoms with Crippen LogP contribution in [0.4, 0.5) is 23.1 Å². The molecule has 1 atom stereocenters. The number of nitrogens with zero attached hydrogens (tertiary/aromatic N) is 1. The molecule has 0 radical (unpaired) electrons. The standard InChI is InChI=1S/C20H15Cl2N5O3/c21-10-4-6-12(7-5-10)24-20-26-17-16(19(30)27-20)14(9-15(28)25-17)18(29)23-13-3-1-2-11(22)8-13/h1-8,14H,9H2,(H,23,29)(H3,24,25,26,27,28,30)/t14-/m1/s1. The van der Waals surface area contributed by atoms with Gasteiger partial charge in [0.1, 0.15) is 5.82 Å². The predicted octanol–water partition coefficient (Wildman–Crippen LogP) is 3.88. The van der Waals surface area contributed by atoms with Gasteiger partial charge in [0.25, 0.3) is 5.56 Å². The number of carbonyl (C=O) groups excluding carboxylic acids is 2. The maximum atomic E-state index is 12.8. The lowest BCUT2D eigenvalue weighted by Crippen LogP contribution is -2.36. The molecule has 2 aromatic carbocycles. The number of fused-ring (bicyclic) bond motifs is 1. The number of hydrogen-bond acceptors (Lipinski definition) is 5. The Morgan fingerprint density at radius 2 is 1.80 bits per heavy atom. The number of benzene rings is 2. The number of halogens is 2. The van der Waals surface area contributed by atoms with Crippen LogP contribution in [0.2, 0.25) is 10.0 Å². The van der Waals surface area contributed by atoms with E-state index in [0.29, 0.717) is 21.4 Å².